The molecule has 48 valence electrons. The molecule has 0 saturated carbocycles. The van der Waals surface area contributed by atoms with Crippen LogP contribution in [0.15, 0.2) is 0 Å². The Labute approximate surface area is 54.8 Å². The average Bonchev–Trinajstić information content (AvgIpc) is 1.27. The van der Waals surface area contributed by atoms with Crippen molar-refractivity contribution in [3.05, 3.63) is 5.41 Å². The minimum atomic E-state index is -3.72. The van der Waals surface area contributed by atoms with Crippen molar-refractivity contribution in [2.45, 2.75) is 0 Å². The van der Waals surface area contributed by atoms with E-state index in [1.807, 2.05) is 0 Å². The Morgan fingerprint density at radius 2 is 1.38 bits per heavy atom. The van der Waals surface area contributed by atoms with Gasteiger partial charge in [0.05, 0.1) is 0 Å². The highest BCUT2D eigenvalue weighted by Crippen LogP contribution is 1.98. The Balaban J connectivity index is 0. The summed E-state index contributed by atoms with van der Waals surface area (Å²) in [5.41, 5.74) is 0. The van der Waals surface area contributed by atoms with Gasteiger partial charge < -0.3 is 5.41 Å². The minimum Gasteiger partial charge on any atom is -0.724 e. The number of rotatable bonds is 0. The predicted octanol–water partition coefficient (Wildman–Crippen LogP) is 0.600. The van der Waals surface area contributed by atoms with E-state index in [9.17, 15) is 0 Å². The molecule has 0 heterocycles. The van der Waals surface area contributed by atoms with E-state index in [2.05, 4.69) is 21.4 Å². The van der Waals surface area contributed by atoms with Gasteiger partial charge in [-0.05, 0) is 6.08 Å². The van der Waals surface area contributed by atoms with Crippen LogP contribution < -0.4 is 0 Å². The van der Waals surface area contributed by atoms with Crippen LogP contribution in [0.25, 0.3) is 5.41 Å². The first kappa shape index (κ1) is 10.8. The summed E-state index contributed by atoms with van der Waals surface area (Å²) in [6.45, 7) is 0. The second-order valence-corrected chi connectivity index (χ2v) is 4.14. The third-order valence-corrected chi connectivity index (χ3v) is 0. The second-order valence-electron chi connectivity index (χ2n) is 0.470. The quantitative estimate of drug-likeness (QED) is 0.309. The van der Waals surface area contributed by atoms with Crippen molar-refractivity contribution in [2.24, 2.45) is 0 Å². The lowest BCUT2D eigenvalue weighted by molar-refractivity contribution is 0.569. The van der Waals surface area contributed by atoms with E-state index in [0.717, 1.165) is 0 Å². The summed E-state index contributed by atoms with van der Waals surface area (Å²) < 4.78 is 18.3. The summed E-state index contributed by atoms with van der Waals surface area (Å²) >= 11 is 0. The van der Waals surface area contributed by atoms with Crippen molar-refractivity contribution in [2.75, 3.05) is 0 Å². The number of hydrogen-bond acceptors (Lipinski definition) is 3. The van der Waals surface area contributed by atoms with Gasteiger partial charge in [-0.2, -0.15) is 8.42 Å². The van der Waals surface area contributed by atoms with Gasteiger partial charge in [-0.3, -0.25) is 4.79 Å². The van der Waals surface area contributed by atoms with E-state index in [1.54, 1.807) is 0 Å². The van der Waals surface area contributed by atoms with Gasteiger partial charge in [-0.25, -0.2) is 0 Å². The normalized spacial score (nSPS) is 8.25. The van der Waals surface area contributed by atoms with Gasteiger partial charge in [0.15, 0.2) is 0 Å². The monoisotopic (exact) mass is 176 g/mol. The van der Waals surface area contributed by atoms with E-state index in [0.29, 0.717) is 6.08 Å². The Kier molecular flexibility index (Phi) is 6.83. The summed E-state index contributed by atoms with van der Waals surface area (Å²) in [6, 6.07) is 0. The lowest BCUT2D eigenvalue weighted by Gasteiger charge is -1.61. The molecule has 0 aliphatic rings. The van der Waals surface area contributed by atoms with Crippen LogP contribution in [0, 0.1) is 0 Å². The number of halogens is 2. The Morgan fingerprint density at radius 1 is 1.38 bits per heavy atom. The zero-order chi connectivity index (χ0) is 7.21. The van der Waals surface area contributed by atoms with Gasteiger partial charge in [0, 0.05) is 21.4 Å². The first-order chi connectivity index (χ1) is 3.41. The van der Waals surface area contributed by atoms with Crippen LogP contribution >= 0.6 is 21.4 Å². The highest BCUT2D eigenvalue weighted by atomic mass is 36.0. The average molecular weight is 177 g/mol. The third kappa shape index (κ3) is 17600. The van der Waals surface area contributed by atoms with E-state index in [4.69, 9.17) is 18.6 Å². The molecule has 0 N–H and O–H groups in total. The molecule has 0 atom stereocenters. The summed E-state index contributed by atoms with van der Waals surface area (Å²) in [7, 11) is 4.81. The number of hydrogen-bond donors (Lipinski definition) is 0. The van der Waals surface area contributed by atoms with Crippen molar-refractivity contribution in [3.8, 4) is 0 Å². The van der Waals surface area contributed by atoms with Crippen LogP contribution in [0.4, 0.5) is 0 Å². The highest BCUT2D eigenvalue weighted by molar-refractivity contribution is 8.31. The summed E-state index contributed by atoms with van der Waals surface area (Å²) in [5, 5.41) is 6.76. The highest BCUT2D eigenvalue weighted by Gasteiger charge is 1.88. The first-order valence-electron chi connectivity index (χ1n) is 1.07. The van der Waals surface area contributed by atoms with Crippen molar-refractivity contribution in [3.63, 3.8) is 0 Å². The van der Waals surface area contributed by atoms with Gasteiger partial charge in [0.1, 0.15) is 0 Å². The van der Waals surface area contributed by atoms with Crippen molar-refractivity contribution in [1.82, 2.24) is 0 Å². The van der Waals surface area contributed by atoms with Gasteiger partial charge in [0.25, 0.3) is 0 Å². The molecule has 0 bridgehead atoms. The molecule has 0 aromatic carbocycles. The maximum atomic E-state index is 9.16. The second kappa shape index (κ2) is 5.05. The maximum Gasteiger partial charge on any atom is 0.317 e. The molecule has 0 amide bonds. The van der Waals surface area contributed by atoms with Crippen molar-refractivity contribution >= 4 is 35.7 Å². The molecule has 7 heteroatoms. The molecule has 4 nitrogen and oxygen atoms in total. The van der Waals surface area contributed by atoms with Crippen LogP contribution in [-0.4, -0.2) is 14.5 Å². The molecule has 0 spiro atoms. The van der Waals surface area contributed by atoms with Crippen LogP contribution in [0.2, 0.25) is 0 Å². The molecule has 0 aromatic rings. The largest absolute Gasteiger partial charge is 0.724 e. The number of carbonyl (C=O) groups excluding carboxylic acids is 1. The molecule has 0 rings (SSSR count). The fourth-order valence-electron chi connectivity index (χ4n) is 0. The van der Waals surface area contributed by atoms with Crippen molar-refractivity contribution < 1.29 is 13.2 Å². The summed E-state index contributed by atoms with van der Waals surface area (Å²) in [5.74, 6) is 0. The van der Waals surface area contributed by atoms with E-state index in [-0.39, 0.29) is 0 Å². The smallest absolute Gasteiger partial charge is 0.317 e. The summed E-state index contributed by atoms with van der Waals surface area (Å²) in [6.07, 6.45) is 0.500. The summed E-state index contributed by atoms with van der Waals surface area (Å²) in [4.78, 5) is 8.24. The number of nitrogens with zero attached hydrogens (tertiary/aromatic N) is 1. The minimum absolute atomic E-state index is 0.500. The molecule has 0 fully saturated rings. The van der Waals surface area contributed by atoms with E-state index >= 15 is 0 Å². The SMILES string of the molecule is O=S(=O)(Cl)Cl.[N-]=C=O. The Morgan fingerprint density at radius 3 is 1.38 bits per heavy atom. The van der Waals surface area contributed by atoms with Gasteiger partial charge >= 0.3 is 8.26 Å². The van der Waals surface area contributed by atoms with Crippen molar-refractivity contribution in [1.29, 1.82) is 0 Å². The molecule has 0 aromatic heterocycles. The first-order valence-corrected chi connectivity index (χ1v) is 4.21. The maximum absolute atomic E-state index is 9.16. The molecule has 8 heavy (non-hydrogen) atoms. The Hall–Kier alpha value is -0.0900. The topological polar surface area (TPSA) is 73.5 Å². The van der Waals surface area contributed by atoms with Crippen LogP contribution in [0.1, 0.15) is 0 Å². The van der Waals surface area contributed by atoms with Crippen LogP contribution in [-0.2, 0) is 13.1 Å². The molecule has 0 aliphatic carbocycles. The van der Waals surface area contributed by atoms with E-state index in [1.165, 1.54) is 0 Å². The van der Waals surface area contributed by atoms with E-state index < -0.39 is 8.26 Å². The van der Waals surface area contributed by atoms with Crippen LogP contribution in [0.3, 0.4) is 0 Å². The van der Waals surface area contributed by atoms with Gasteiger partial charge in [0.2, 0.25) is 0 Å². The molecule has 0 aliphatic heterocycles. The fraction of sp³-hybridized carbons (Fsp3) is 0. The lowest BCUT2D eigenvalue weighted by Crippen LogP contribution is -1.63. The van der Waals surface area contributed by atoms with Gasteiger partial charge in [-0.15, -0.1) is 0 Å². The number of isocyanates is 1. The standard InChI is InChI=1S/CNO.Cl2O2S/c2-1-3;1-5(2,3)4/q-1;. The molecule has 0 saturated heterocycles. The zero-order valence-corrected chi connectivity index (χ0v) is 5.66. The predicted molar refractivity (Wildman–Crippen MR) is 29.7 cm³/mol. The molecular weight excluding hydrogens is 177 g/mol. The third-order valence-electron chi connectivity index (χ3n) is 0. The zero-order valence-electron chi connectivity index (χ0n) is 3.34. The molecule has 0 radical (unpaired) electrons. The van der Waals surface area contributed by atoms with Crippen LogP contribution in [0.5, 0.6) is 0 Å². The van der Waals surface area contributed by atoms with Gasteiger partial charge in [-0.1, -0.05) is 0 Å². The lowest BCUT2D eigenvalue weighted by atomic mass is 11.7. The molecule has 0 unspecified atom stereocenters. The fourth-order valence-corrected chi connectivity index (χ4v) is 0. The Bertz CT molecular complexity index is 158. The molecular formula is CCl2NO3S-.